The third kappa shape index (κ3) is 6.08. The molecule has 3 nitrogen and oxygen atoms in total. The number of fused-ring (bicyclic) bond motifs is 1. The van der Waals surface area contributed by atoms with Gasteiger partial charge >= 0.3 is 0 Å². The second-order valence-corrected chi connectivity index (χ2v) is 10.1. The van der Waals surface area contributed by atoms with E-state index in [1.54, 1.807) is 13.8 Å². The third-order valence-corrected chi connectivity index (χ3v) is 6.45. The number of aryl methyl sites for hydroxylation is 1. The van der Waals surface area contributed by atoms with Gasteiger partial charge in [-0.15, -0.1) is 0 Å². The Kier molecular flexibility index (Phi) is 7.27. The molecule has 0 saturated carbocycles. The lowest BCUT2D eigenvalue weighted by Gasteiger charge is -2.22. The van der Waals surface area contributed by atoms with Crippen LogP contribution in [-0.2, 0) is 12.0 Å². The Bertz CT molecular complexity index is 1290. The molecule has 4 rings (SSSR count). The Morgan fingerprint density at radius 3 is 2.55 bits per heavy atom. The number of hydrogen-bond donors (Lipinski definition) is 2. The molecule has 4 heteroatoms. The average Bonchev–Trinajstić information content (AvgIpc) is 2.80. The van der Waals surface area contributed by atoms with E-state index in [-0.39, 0.29) is 0 Å². The normalized spacial score (nSPS) is 13.0. The van der Waals surface area contributed by atoms with Crippen molar-refractivity contribution in [2.75, 3.05) is 0 Å². The van der Waals surface area contributed by atoms with Gasteiger partial charge in [-0.2, -0.15) is 0 Å². The number of aliphatic hydroxyl groups excluding tert-OH is 1. The van der Waals surface area contributed by atoms with Crippen LogP contribution in [0.4, 0.5) is 0 Å². The van der Waals surface area contributed by atoms with Gasteiger partial charge in [0, 0.05) is 8.96 Å². The Hall–Kier alpha value is -2.54. The fraction of sp³-hybridized carbons (Fsp3) is 0.207. The van der Waals surface area contributed by atoms with Crippen LogP contribution in [0.3, 0.4) is 0 Å². The van der Waals surface area contributed by atoms with Crippen molar-refractivity contribution in [1.29, 1.82) is 0 Å². The van der Waals surface area contributed by atoms with Gasteiger partial charge in [-0.05, 0) is 102 Å². The van der Waals surface area contributed by atoms with E-state index in [4.69, 9.17) is 4.98 Å². The largest absolute Gasteiger partial charge is 0.388 e. The highest BCUT2D eigenvalue weighted by atomic mass is 127. The van der Waals surface area contributed by atoms with Crippen LogP contribution in [0.25, 0.3) is 23.1 Å². The molecule has 1 atom stereocenters. The highest BCUT2D eigenvalue weighted by Crippen LogP contribution is 2.27. The van der Waals surface area contributed by atoms with Crippen LogP contribution in [0, 0.1) is 3.57 Å². The maximum absolute atomic E-state index is 10.8. The van der Waals surface area contributed by atoms with E-state index < -0.39 is 11.7 Å². The molecule has 0 spiro atoms. The zero-order valence-electron chi connectivity index (χ0n) is 18.9. The summed E-state index contributed by atoms with van der Waals surface area (Å²) in [5.41, 5.74) is 4.87. The molecule has 0 saturated heterocycles. The van der Waals surface area contributed by atoms with Crippen molar-refractivity contribution in [1.82, 2.24) is 4.98 Å². The van der Waals surface area contributed by atoms with Crippen LogP contribution >= 0.6 is 22.6 Å². The van der Waals surface area contributed by atoms with E-state index in [2.05, 4.69) is 46.9 Å². The Morgan fingerprint density at radius 1 is 0.939 bits per heavy atom. The van der Waals surface area contributed by atoms with Crippen molar-refractivity contribution in [2.24, 2.45) is 0 Å². The van der Waals surface area contributed by atoms with Crippen molar-refractivity contribution in [3.05, 3.63) is 110 Å². The van der Waals surface area contributed by atoms with E-state index >= 15 is 0 Å². The molecule has 4 aromatic rings. The van der Waals surface area contributed by atoms with Crippen molar-refractivity contribution in [3.8, 4) is 0 Å². The quantitative estimate of drug-likeness (QED) is 0.247. The number of benzene rings is 3. The third-order valence-electron chi connectivity index (χ3n) is 5.78. The fourth-order valence-corrected chi connectivity index (χ4v) is 4.52. The molecule has 0 fully saturated rings. The number of halogens is 1. The maximum atomic E-state index is 10.8. The van der Waals surface area contributed by atoms with Crippen LogP contribution in [0.2, 0.25) is 0 Å². The fourth-order valence-electron chi connectivity index (χ4n) is 4.04. The Balaban J connectivity index is 1.47. The first-order chi connectivity index (χ1) is 15.8. The molecule has 0 aliphatic heterocycles. The highest BCUT2D eigenvalue weighted by molar-refractivity contribution is 14.1. The lowest BCUT2D eigenvalue weighted by molar-refractivity contribution is 0.0772. The summed E-state index contributed by atoms with van der Waals surface area (Å²) < 4.78 is 1.17. The molecule has 33 heavy (non-hydrogen) atoms. The van der Waals surface area contributed by atoms with Crippen molar-refractivity contribution in [3.63, 3.8) is 0 Å². The van der Waals surface area contributed by atoms with Crippen LogP contribution in [0.15, 0.2) is 78.9 Å². The zero-order valence-corrected chi connectivity index (χ0v) is 21.0. The minimum absolute atomic E-state index is 0.575. The number of aliphatic hydroxyl groups is 2. The van der Waals surface area contributed by atoms with E-state index in [0.717, 1.165) is 38.9 Å². The van der Waals surface area contributed by atoms with Gasteiger partial charge < -0.3 is 10.2 Å². The standard InChI is InChI=1S/C29H28INO2/c1-29(2,33)26-9-4-3-7-21(26)13-17-28(32)23-8-5-6-20(18-23)10-15-25-16-12-22-11-14-24(30)19-27(22)31-25/h3-12,14-16,18-19,28,32-33H,13,17H2,1-2H3/b15-10+/t28-/m0/s1. The molecule has 168 valence electrons. The molecular formula is C29H28INO2. The summed E-state index contributed by atoms with van der Waals surface area (Å²) in [6, 6.07) is 26.2. The molecule has 1 aromatic heterocycles. The van der Waals surface area contributed by atoms with Crippen LogP contribution in [0.5, 0.6) is 0 Å². The van der Waals surface area contributed by atoms with E-state index in [0.29, 0.717) is 12.8 Å². The summed E-state index contributed by atoms with van der Waals surface area (Å²) in [6.07, 6.45) is 4.74. The summed E-state index contributed by atoms with van der Waals surface area (Å²) in [6.45, 7) is 3.59. The van der Waals surface area contributed by atoms with Crippen LogP contribution in [0.1, 0.15) is 54.3 Å². The first kappa shape index (κ1) is 23.6. The number of aromatic nitrogens is 1. The first-order valence-corrected chi connectivity index (χ1v) is 12.2. The summed E-state index contributed by atoms with van der Waals surface area (Å²) >= 11 is 2.30. The molecule has 0 amide bonds. The summed E-state index contributed by atoms with van der Waals surface area (Å²) in [7, 11) is 0. The van der Waals surface area contributed by atoms with Gasteiger partial charge in [0.05, 0.1) is 22.9 Å². The molecule has 2 N–H and O–H groups in total. The monoisotopic (exact) mass is 549 g/mol. The maximum Gasteiger partial charge on any atom is 0.0843 e. The molecule has 0 radical (unpaired) electrons. The predicted molar refractivity (Wildman–Crippen MR) is 145 cm³/mol. The second kappa shape index (κ2) is 10.2. The first-order valence-electron chi connectivity index (χ1n) is 11.1. The molecule has 3 aromatic carbocycles. The van der Waals surface area contributed by atoms with Gasteiger partial charge in [0.25, 0.3) is 0 Å². The highest BCUT2D eigenvalue weighted by Gasteiger charge is 2.20. The average molecular weight is 549 g/mol. The summed E-state index contributed by atoms with van der Waals surface area (Å²) in [5, 5.41) is 22.4. The summed E-state index contributed by atoms with van der Waals surface area (Å²) in [4.78, 5) is 4.74. The minimum Gasteiger partial charge on any atom is -0.388 e. The van der Waals surface area contributed by atoms with Crippen molar-refractivity contribution in [2.45, 2.75) is 38.4 Å². The number of pyridine rings is 1. The van der Waals surface area contributed by atoms with E-state index in [9.17, 15) is 10.2 Å². The zero-order chi connectivity index (χ0) is 23.4. The Morgan fingerprint density at radius 2 is 1.73 bits per heavy atom. The Labute approximate surface area is 209 Å². The van der Waals surface area contributed by atoms with E-state index in [1.807, 2.05) is 66.7 Å². The van der Waals surface area contributed by atoms with Gasteiger partial charge in [0.15, 0.2) is 0 Å². The lowest BCUT2D eigenvalue weighted by Crippen LogP contribution is -2.18. The second-order valence-electron chi connectivity index (χ2n) is 8.85. The minimum atomic E-state index is -0.901. The van der Waals surface area contributed by atoms with E-state index in [1.165, 1.54) is 3.57 Å². The van der Waals surface area contributed by atoms with Gasteiger partial charge in [-0.1, -0.05) is 60.7 Å². The number of hydrogen-bond acceptors (Lipinski definition) is 3. The predicted octanol–water partition coefficient (Wildman–Crippen LogP) is 6.90. The van der Waals surface area contributed by atoms with Gasteiger partial charge in [0.1, 0.15) is 0 Å². The van der Waals surface area contributed by atoms with Gasteiger partial charge in [-0.25, -0.2) is 4.98 Å². The van der Waals surface area contributed by atoms with Crippen LogP contribution < -0.4 is 0 Å². The molecule has 0 aliphatic rings. The molecule has 0 bridgehead atoms. The molecule has 0 unspecified atom stereocenters. The van der Waals surface area contributed by atoms with Gasteiger partial charge in [-0.3, -0.25) is 0 Å². The van der Waals surface area contributed by atoms with Crippen LogP contribution in [-0.4, -0.2) is 15.2 Å². The number of rotatable bonds is 7. The molecule has 0 aliphatic carbocycles. The van der Waals surface area contributed by atoms with Crippen molar-refractivity contribution >= 4 is 45.6 Å². The van der Waals surface area contributed by atoms with Gasteiger partial charge in [0.2, 0.25) is 0 Å². The number of nitrogens with zero attached hydrogens (tertiary/aromatic N) is 1. The van der Waals surface area contributed by atoms with Crippen molar-refractivity contribution < 1.29 is 10.2 Å². The molecular weight excluding hydrogens is 521 g/mol. The smallest absolute Gasteiger partial charge is 0.0843 e. The topological polar surface area (TPSA) is 53.4 Å². The summed E-state index contributed by atoms with van der Waals surface area (Å²) in [5.74, 6) is 0. The SMILES string of the molecule is CC(C)(O)c1ccccc1CC[C@H](O)c1cccc(/C=C/c2ccc3ccc(I)cc3n2)c1. The molecule has 1 heterocycles. The lowest BCUT2D eigenvalue weighted by atomic mass is 9.90.